The molecule has 3 aromatic rings. The van der Waals surface area contributed by atoms with E-state index in [-0.39, 0.29) is 25.2 Å². The van der Waals surface area contributed by atoms with Crippen molar-refractivity contribution in [2.75, 3.05) is 18.7 Å². The van der Waals surface area contributed by atoms with E-state index in [0.717, 1.165) is 10.4 Å². The van der Waals surface area contributed by atoms with Crippen LogP contribution in [-0.2, 0) is 4.79 Å². The smallest absolute Gasteiger partial charge is 0.255 e. The summed E-state index contributed by atoms with van der Waals surface area (Å²) in [7, 11) is 0. The number of hydrogen-bond acceptors (Lipinski definition) is 5. The van der Waals surface area contributed by atoms with Crippen LogP contribution in [0.5, 0.6) is 11.5 Å². The lowest BCUT2D eigenvalue weighted by molar-refractivity contribution is -0.117. The highest BCUT2D eigenvalue weighted by Gasteiger charge is 2.35. The predicted molar refractivity (Wildman–Crippen MR) is 110 cm³/mol. The minimum atomic E-state index is -0.444. The summed E-state index contributed by atoms with van der Waals surface area (Å²) in [5.41, 5.74) is 1.85. The number of carbonyl (C=O) groups is 2. The van der Waals surface area contributed by atoms with Crippen LogP contribution in [-0.4, -0.2) is 30.1 Å². The molecule has 0 saturated carbocycles. The quantitative estimate of drug-likeness (QED) is 0.662. The van der Waals surface area contributed by atoms with Crippen molar-refractivity contribution in [1.82, 2.24) is 4.90 Å². The van der Waals surface area contributed by atoms with Gasteiger partial charge in [-0.25, -0.2) is 0 Å². The summed E-state index contributed by atoms with van der Waals surface area (Å²) in [5.74, 6) is 0.583. The summed E-state index contributed by atoms with van der Waals surface area (Å²) in [6, 6.07) is 13.8. The van der Waals surface area contributed by atoms with Gasteiger partial charge in [-0.3, -0.25) is 9.59 Å². The van der Waals surface area contributed by atoms with Crippen molar-refractivity contribution < 1.29 is 19.1 Å². The van der Waals surface area contributed by atoms with Crippen LogP contribution < -0.4 is 14.8 Å². The molecule has 6 nitrogen and oxygen atoms in total. The molecule has 2 aliphatic rings. The van der Waals surface area contributed by atoms with Crippen molar-refractivity contribution in [2.45, 2.75) is 6.04 Å². The fourth-order valence-electron chi connectivity index (χ4n) is 3.62. The van der Waals surface area contributed by atoms with E-state index in [1.165, 1.54) is 11.3 Å². The highest BCUT2D eigenvalue weighted by molar-refractivity contribution is 7.10. The Kier molecular flexibility index (Phi) is 4.41. The second kappa shape index (κ2) is 7.09. The molecule has 3 heterocycles. The normalized spacial score (nSPS) is 17.5. The van der Waals surface area contributed by atoms with Crippen LogP contribution in [0.3, 0.4) is 0 Å². The molecule has 0 bridgehead atoms. The Morgan fingerprint density at radius 2 is 2.00 bits per heavy atom. The zero-order valence-electron chi connectivity index (χ0n) is 15.1. The number of thiophene rings is 1. The van der Waals surface area contributed by atoms with Gasteiger partial charge in [-0.2, -0.15) is 0 Å². The zero-order valence-corrected chi connectivity index (χ0v) is 16.6. The number of carbonyl (C=O) groups excluding carboxylic acids is 2. The van der Waals surface area contributed by atoms with Gasteiger partial charge in [0, 0.05) is 26.7 Å². The molecular formula is C21H15ClN2O4S. The van der Waals surface area contributed by atoms with Gasteiger partial charge in [0.1, 0.15) is 6.54 Å². The molecule has 1 N–H and O–H groups in total. The summed E-state index contributed by atoms with van der Waals surface area (Å²) >= 11 is 7.78. The molecule has 0 spiro atoms. The first-order valence-corrected chi connectivity index (χ1v) is 10.2. The number of benzene rings is 2. The van der Waals surface area contributed by atoms with Gasteiger partial charge in [0.25, 0.3) is 5.91 Å². The topological polar surface area (TPSA) is 67.9 Å². The second-order valence-electron chi connectivity index (χ2n) is 6.70. The maximum absolute atomic E-state index is 13.5. The molecule has 29 heavy (non-hydrogen) atoms. The van der Waals surface area contributed by atoms with E-state index in [1.807, 2.05) is 17.5 Å². The number of nitrogens with one attached hydrogen (secondary N) is 1. The lowest BCUT2D eigenvalue weighted by Crippen LogP contribution is -2.38. The molecule has 2 amide bonds. The molecule has 2 aliphatic heterocycles. The second-order valence-corrected chi connectivity index (χ2v) is 8.11. The minimum absolute atomic E-state index is 0.0812. The first-order chi connectivity index (χ1) is 14.1. The Hall–Kier alpha value is -3.03. The third kappa shape index (κ3) is 3.22. The Bertz CT molecular complexity index is 1120. The Labute approximate surface area is 175 Å². The van der Waals surface area contributed by atoms with Crippen molar-refractivity contribution in [3.8, 4) is 11.5 Å². The van der Waals surface area contributed by atoms with Crippen molar-refractivity contribution >= 4 is 40.4 Å². The number of hydrogen-bond donors (Lipinski definition) is 1. The van der Waals surface area contributed by atoms with E-state index < -0.39 is 6.04 Å². The summed E-state index contributed by atoms with van der Waals surface area (Å²) in [6.45, 7) is 0.0466. The molecule has 1 unspecified atom stereocenters. The van der Waals surface area contributed by atoms with Crippen LogP contribution in [0.25, 0.3) is 0 Å². The lowest BCUT2D eigenvalue weighted by Gasteiger charge is -2.29. The summed E-state index contributed by atoms with van der Waals surface area (Å²) in [5, 5.41) is 5.37. The summed E-state index contributed by atoms with van der Waals surface area (Å²) in [6.07, 6.45) is 0. The van der Waals surface area contributed by atoms with Crippen LogP contribution in [0, 0.1) is 0 Å². The fraction of sp³-hybridized carbons (Fsp3) is 0.143. The molecule has 1 atom stereocenters. The van der Waals surface area contributed by atoms with Crippen LogP contribution in [0.15, 0.2) is 53.9 Å². The molecule has 0 saturated heterocycles. The number of nitrogens with zero attached hydrogens (tertiary/aromatic N) is 1. The predicted octanol–water partition coefficient (Wildman–Crippen LogP) is 4.31. The van der Waals surface area contributed by atoms with Gasteiger partial charge in [-0.15, -0.1) is 11.3 Å². The van der Waals surface area contributed by atoms with Gasteiger partial charge >= 0.3 is 0 Å². The largest absolute Gasteiger partial charge is 0.454 e. The van der Waals surface area contributed by atoms with Crippen molar-refractivity contribution in [2.24, 2.45) is 0 Å². The number of amides is 2. The Balaban J connectivity index is 1.63. The van der Waals surface area contributed by atoms with Gasteiger partial charge in [-0.1, -0.05) is 17.7 Å². The number of ether oxygens (including phenoxy) is 2. The van der Waals surface area contributed by atoms with E-state index >= 15 is 0 Å². The Morgan fingerprint density at radius 1 is 1.14 bits per heavy atom. The summed E-state index contributed by atoms with van der Waals surface area (Å²) in [4.78, 5) is 28.6. The SMILES string of the molecule is O=C1CN(C(=O)c2ccc3c(c2)OCO3)C(c2cccs2)c2cc(Cl)ccc2N1. The van der Waals surface area contributed by atoms with E-state index in [2.05, 4.69) is 5.32 Å². The average Bonchev–Trinajstić information content (AvgIpc) is 3.38. The minimum Gasteiger partial charge on any atom is -0.454 e. The van der Waals surface area contributed by atoms with Crippen LogP contribution in [0.1, 0.15) is 26.8 Å². The number of rotatable bonds is 2. The third-order valence-corrected chi connectivity index (χ3v) is 6.06. The average molecular weight is 427 g/mol. The van der Waals surface area contributed by atoms with Gasteiger partial charge in [0.2, 0.25) is 12.7 Å². The monoisotopic (exact) mass is 426 g/mol. The number of anilines is 1. The maximum atomic E-state index is 13.5. The van der Waals surface area contributed by atoms with Crippen LogP contribution >= 0.6 is 22.9 Å². The van der Waals surface area contributed by atoms with E-state index in [1.54, 1.807) is 41.3 Å². The van der Waals surface area contributed by atoms with E-state index in [0.29, 0.717) is 27.8 Å². The van der Waals surface area contributed by atoms with E-state index in [4.69, 9.17) is 21.1 Å². The van der Waals surface area contributed by atoms with Crippen molar-refractivity contribution in [1.29, 1.82) is 0 Å². The van der Waals surface area contributed by atoms with E-state index in [9.17, 15) is 9.59 Å². The molecule has 0 radical (unpaired) electrons. The summed E-state index contributed by atoms with van der Waals surface area (Å²) < 4.78 is 10.7. The number of halogens is 1. The Morgan fingerprint density at radius 3 is 2.83 bits per heavy atom. The van der Waals surface area contributed by atoms with Crippen LogP contribution in [0.2, 0.25) is 5.02 Å². The molecule has 5 rings (SSSR count). The van der Waals surface area contributed by atoms with Gasteiger partial charge < -0.3 is 19.7 Å². The molecule has 8 heteroatoms. The van der Waals surface area contributed by atoms with Gasteiger partial charge in [0.05, 0.1) is 6.04 Å². The van der Waals surface area contributed by atoms with Gasteiger partial charge in [0.15, 0.2) is 11.5 Å². The van der Waals surface area contributed by atoms with Crippen molar-refractivity contribution in [3.05, 3.63) is 74.9 Å². The standard InChI is InChI=1S/C21H15ClN2O4S/c22-13-4-5-15-14(9-13)20(18-2-1-7-29-18)24(10-19(25)23-15)21(26)12-3-6-16-17(8-12)28-11-27-16/h1-9,20H,10-11H2,(H,23,25). The highest BCUT2D eigenvalue weighted by Crippen LogP contribution is 2.40. The van der Waals surface area contributed by atoms with Crippen LogP contribution in [0.4, 0.5) is 5.69 Å². The molecule has 0 fully saturated rings. The van der Waals surface area contributed by atoms with Gasteiger partial charge in [-0.05, 0) is 47.8 Å². The fourth-order valence-corrected chi connectivity index (χ4v) is 4.65. The molecule has 2 aromatic carbocycles. The lowest BCUT2D eigenvalue weighted by atomic mass is 10.0. The molecular weight excluding hydrogens is 412 g/mol. The number of fused-ring (bicyclic) bond motifs is 2. The molecule has 0 aliphatic carbocycles. The first-order valence-electron chi connectivity index (χ1n) is 8.93. The molecule has 146 valence electrons. The third-order valence-electron chi connectivity index (χ3n) is 4.90. The first kappa shape index (κ1) is 18.0. The maximum Gasteiger partial charge on any atom is 0.255 e. The van der Waals surface area contributed by atoms with Crippen molar-refractivity contribution in [3.63, 3.8) is 0 Å². The molecule has 1 aromatic heterocycles. The highest BCUT2D eigenvalue weighted by atomic mass is 35.5. The zero-order chi connectivity index (χ0) is 20.0.